The van der Waals surface area contributed by atoms with Crippen LogP contribution in [0, 0.1) is 6.07 Å². The van der Waals surface area contributed by atoms with Gasteiger partial charge in [0.05, 0.1) is 17.9 Å². The van der Waals surface area contributed by atoms with Gasteiger partial charge in [0, 0.05) is 19.2 Å². The quantitative estimate of drug-likeness (QED) is 0.689. The Balaban J connectivity index is 2.23. The van der Waals surface area contributed by atoms with E-state index in [0.29, 0.717) is 0 Å². The summed E-state index contributed by atoms with van der Waals surface area (Å²) in [5, 5.41) is 0. The van der Waals surface area contributed by atoms with Crippen LogP contribution in [0.4, 0.5) is 0 Å². The Kier molecular flexibility index (Phi) is 6.52. The highest BCUT2D eigenvalue weighted by molar-refractivity contribution is 7.89. The van der Waals surface area contributed by atoms with Crippen LogP contribution < -0.4 is 0 Å². The van der Waals surface area contributed by atoms with Gasteiger partial charge in [-0.3, -0.25) is 4.79 Å². The highest BCUT2D eigenvalue weighted by Gasteiger charge is 2.25. The summed E-state index contributed by atoms with van der Waals surface area (Å²) in [4.78, 5) is 11.7. The van der Waals surface area contributed by atoms with E-state index in [1.165, 1.54) is 10.4 Å². The molecule has 2 aromatic rings. The Hall–Kier alpha value is -2.18. The topological polar surface area (TPSA) is 63.7 Å². The first-order valence-corrected chi connectivity index (χ1v) is 9.14. The molecule has 5 nitrogen and oxygen atoms in total. The third-order valence-electron chi connectivity index (χ3n) is 3.37. The molecule has 0 saturated heterocycles. The highest BCUT2D eigenvalue weighted by atomic mass is 32.2. The van der Waals surface area contributed by atoms with Crippen molar-refractivity contribution in [2.45, 2.75) is 24.8 Å². The SMILES string of the molecule is CCOC(=O)CCN(Cc1ccccc1)S(=O)(=O)c1[c]cccc1. The van der Waals surface area contributed by atoms with Crippen LogP contribution in [0.1, 0.15) is 18.9 Å². The Morgan fingerprint density at radius 2 is 1.83 bits per heavy atom. The molecule has 1 radical (unpaired) electrons. The average Bonchev–Trinajstić information content (AvgIpc) is 2.60. The summed E-state index contributed by atoms with van der Waals surface area (Å²) in [6.07, 6.45) is 0.00668. The van der Waals surface area contributed by atoms with E-state index in [4.69, 9.17) is 4.74 Å². The third kappa shape index (κ3) is 4.91. The molecule has 0 atom stereocenters. The maximum Gasteiger partial charge on any atom is 0.307 e. The minimum absolute atomic E-state index is 0.00668. The van der Waals surface area contributed by atoms with Gasteiger partial charge in [0.1, 0.15) is 0 Å². The summed E-state index contributed by atoms with van der Waals surface area (Å²) in [5.74, 6) is -0.414. The Bertz CT molecular complexity index is 745. The lowest BCUT2D eigenvalue weighted by molar-refractivity contribution is -0.143. The zero-order valence-electron chi connectivity index (χ0n) is 13.5. The molecule has 2 rings (SSSR count). The number of rotatable bonds is 8. The largest absolute Gasteiger partial charge is 0.466 e. The molecule has 0 unspecified atom stereocenters. The molecule has 0 aliphatic rings. The molecule has 0 bridgehead atoms. The normalized spacial score (nSPS) is 11.4. The molecule has 0 amide bonds. The molecule has 0 aliphatic carbocycles. The first-order chi connectivity index (χ1) is 11.5. The minimum Gasteiger partial charge on any atom is -0.466 e. The van der Waals surface area contributed by atoms with Gasteiger partial charge in [-0.25, -0.2) is 8.42 Å². The predicted octanol–water partition coefficient (Wildman–Crippen LogP) is 2.63. The van der Waals surface area contributed by atoms with Crippen molar-refractivity contribution in [3.05, 3.63) is 66.2 Å². The zero-order valence-corrected chi connectivity index (χ0v) is 14.3. The van der Waals surface area contributed by atoms with Crippen LogP contribution in [0.2, 0.25) is 0 Å². The monoisotopic (exact) mass is 346 g/mol. The number of esters is 1. The lowest BCUT2D eigenvalue weighted by Gasteiger charge is -2.22. The van der Waals surface area contributed by atoms with E-state index in [2.05, 4.69) is 6.07 Å². The summed E-state index contributed by atoms with van der Waals surface area (Å²) < 4.78 is 31.9. The second-order valence-electron chi connectivity index (χ2n) is 5.11. The van der Waals surface area contributed by atoms with Crippen LogP contribution in [-0.4, -0.2) is 31.8 Å². The summed E-state index contributed by atoms with van der Waals surface area (Å²) in [6.45, 7) is 2.23. The number of benzene rings is 2. The van der Waals surface area contributed by atoms with E-state index in [9.17, 15) is 13.2 Å². The Labute approximate surface area is 142 Å². The second kappa shape index (κ2) is 8.61. The average molecular weight is 346 g/mol. The molecule has 24 heavy (non-hydrogen) atoms. The van der Waals surface area contributed by atoms with Crippen LogP contribution >= 0.6 is 0 Å². The number of nitrogens with zero attached hydrogens (tertiary/aromatic N) is 1. The molecule has 0 aliphatic heterocycles. The van der Waals surface area contributed by atoms with Crippen molar-refractivity contribution in [3.63, 3.8) is 0 Å². The molecule has 6 heteroatoms. The van der Waals surface area contributed by atoms with E-state index in [1.54, 1.807) is 25.1 Å². The first kappa shape index (κ1) is 18.2. The van der Waals surface area contributed by atoms with Crippen LogP contribution in [0.5, 0.6) is 0 Å². The van der Waals surface area contributed by atoms with Gasteiger partial charge in [0.15, 0.2) is 0 Å². The summed E-state index contributed by atoms with van der Waals surface area (Å²) in [7, 11) is -3.74. The van der Waals surface area contributed by atoms with Crippen molar-refractivity contribution in [2.75, 3.05) is 13.2 Å². The van der Waals surface area contributed by atoms with Crippen molar-refractivity contribution in [3.8, 4) is 0 Å². The van der Waals surface area contributed by atoms with Gasteiger partial charge in [-0.2, -0.15) is 4.31 Å². The van der Waals surface area contributed by atoms with Crippen LogP contribution in [-0.2, 0) is 26.1 Å². The number of sulfonamides is 1. The molecule has 0 saturated carbocycles. The van der Waals surface area contributed by atoms with Crippen molar-refractivity contribution >= 4 is 16.0 Å². The Morgan fingerprint density at radius 1 is 1.12 bits per heavy atom. The number of carbonyl (C=O) groups excluding carboxylic acids is 1. The molecule has 0 aromatic heterocycles. The van der Waals surface area contributed by atoms with Gasteiger partial charge < -0.3 is 4.74 Å². The number of ether oxygens (including phenoxy) is 1. The summed E-state index contributed by atoms with van der Waals surface area (Å²) >= 11 is 0. The van der Waals surface area contributed by atoms with E-state index >= 15 is 0 Å². The van der Waals surface area contributed by atoms with E-state index in [1.807, 2.05) is 30.3 Å². The summed E-state index contributed by atoms with van der Waals surface area (Å²) in [5.41, 5.74) is 0.848. The number of carbonyl (C=O) groups is 1. The molecule has 0 N–H and O–H groups in total. The van der Waals surface area contributed by atoms with E-state index in [-0.39, 0.29) is 31.0 Å². The lowest BCUT2D eigenvalue weighted by Crippen LogP contribution is -2.33. The molecule has 0 spiro atoms. The van der Waals surface area contributed by atoms with Crippen LogP contribution in [0.15, 0.2) is 59.5 Å². The van der Waals surface area contributed by atoms with Crippen LogP contribution in [0.25, 0.3) is 0 Å². The molecular formula is C18H20NO4S. The van der Waals surface area contributed by atoms with Gasteiger partial charge in [-0.15, -0.1) is 0 Å². The molecule has 0 fully saturated rings. The molecule has 0 heterocycles. The summed E-state index contributed by atoms with van der Waals surface area (Å²) in [6, 6.07) is 18.4. The zero-order chi connectivity index (χ0) is 17.4. The molecule has 127 valence electrons. The fraction of sp³-hybridized carbons (Fsp3) is 0.278. The smallest absolute Gasteiger partial charge is 0.307 e. The molecular weight excluding hydrogens is 326 g/mol. The lowest BCUT2D eigenvalue weighted by atomic mass is 10.2. The van der Waals surface area contributed by atoms with E-state index in [0.717, 1.165) is 5.56 Å². The van der Waals surface area contributed by atoms with Gasteiger partial charge in [0.2, 0.25) is 10.0 Å². The number of hydrogen-bond donors (Lipinski definition) is 0. The van der Waals surface area contributed by atoms with Gasteiger partial charge in [-0.1, -0.05) is 48.5 Å². The maximum atomic E-state index is 12.8. The van der Waals surface area contributed by atoms with Crippen molar-refractivity contribution < 1.29 is 17.9 Å². The van der Waals surface area contributed by atoms with Crippen molar-refractivity contribution in [1.82, 2.24) is 4.31 Å². The third-order valence-corrected chi connectivity index (χ3v) is 5.17. The maximum absolute atomic E-state index is 12.8. The van der Waals surface area contributed by atoms with Gasteiger partial charge in [0.25, 0.3) is 0 Å². The van der Waals surface area contributed by atoms with Crippen molar-refractivity contribution in [1.29, 1.82) is 0 Å². The second-order valence-corrected chi connectivity index (χ2v) is 7.01. The fourth-order valence-corrected chi connectivity index (χ4v) is 3.59. The van der Waals surface area contributed by atoms with E-state index < -0.39 is 16.0 Å². The van der Waals surface area contributed by atoms with Crippen LogP contribution in [0.3, 0.4) is 0 Å². The van der Waals surface area contributed by atoms with Crippen molar-refractivity contribution in [2.24, 2.45) is 0 Å². The minimum atomic E-state index is -3.74. The predicted molar refractivity (Wildman–Crippen MR) is 90.6 cm³/mol. The number of hydrogen-bond acceptors (Lipinski definition) is 4. The standard InChI is InChI=1S/C18H20NO4S/c1-2-23-18(20)13-14-19(15-16-9-5-3-6-10-16)24(21,22)17-11-7-4-8-12-17/h3-11H,2,13-15H2,1H3. The highest BCUT2D eigenvalue weighted by Crippen LogP contribution is 2.18. The van der Waals surface area contributed by atoms with Gasteiger partial charge >= 0.3 is 5.97 Å². The molecule has 2 aromatic carbocycles. The van der Waals surface area contributed by atoms with Gasteiger partial charge in [-0.05, 0) is 18.6 Å². The first-order valence-electron chi connectivity index (χ1n) is 7.70. The fourth-order valence-electron chi connectivity index (χ4n) is 2.20. The Morgan fingerprint density at radius 3 is 2.46 bits per heavy atom.